The summed E-state index contributed by atoms with van der Waals surface area (Å²) in [6.45, 7) is 2.30. The number of guanidine groups is 1. The van der Waals surface area contributed by atoms with Gasteiger partial charge in [0.2, 0.25) is 0 Å². The van der Waals surface area contributed by atoms with Gasteiger partial charge in [0.15, 0.2) is 17.5 Å². The van der Waals surface area contributed by atoms with Gasteiger partial charge in [0, 0.05) is 31.7 Å². The molecule has 0 radical (unpaired) electrons. The second-order valence-corrected chi connectivity index (χ2v) is 7.03. The molecule has 1 N–H and O–H groups in total. The van der Waals surface area contributed by atoms with E-state index in [-0.39, 0.29) is 24.0 Å². The van der Waals surface area contributed by atoms with Crippen LogP contribution in [0, 0.1) is 0 Å². The molecule has 0 bridgehead atoms. The van der Waals surface area contributed by atoms with Gasteiger partial charge in [0.05, 0.1) is 26.5 Å². The van der Waals surface area contributed by atoms with Crippen molar-refractivity contribution in [2.45, 2.75) is 19.5 Å². The highest BCUT2D eigenvalue weighted by Crippen LogP contribution is 2.33. The van der Waals surface area contributed by atoms with E-state index < -0.39 is 0 Å². The van der Waals surface area contributed by atoms with Crippen LogP contribution in [-0.4, -0.2) is 43.7 Å². The van der Waals surface area contributed by atoms with Crippen molar-refractivity contribution in [3.05, 3.63) is 65.5 Å². The van der Waals surface area contributed by atoms with Crippen molar-refractivity contribution >= 4 is 40.7 Å². The molecule has 7 heteroatoms. The van der Waals surface area contributed by atoms with Gasteiger partial charge in [-0.25, -0.2) is 0 Å². The van der Waals surface area contributed by atoms with E-state index in [0.29, 0.717) is 6.54 Å². The Morgan fingerprint density at radius 2 is 1.83 bits per heavy atom. The fourth-order valence-electron chi connectivity index (χ4n) is 3.88. The molecule has 1 aliphatic heterocycles. The molecule has 0 fully saturated rings. The largest absolute Gasteiger partial charge is 0.493 e. The average molecular weight is 518 g/mol. The lowest BCUT2D eigenvalue weighted by Gasteiger charge is -2.32. The smallest absolute Gasteiger partial charge is 0.194 e. The lowest BCUT2D eigenvalue weighted by atomic mass is 9.99. The summed E-state index contributed by atoms with van der Waals surface area (Å²) in [6.07, 6.45) is 2.79. The predicted octanol–water partition coefficient (Wildman–Crippen LogP) is 4.00. The van der Waals surface area contributed by atoms with E-state index in [0.717, 1.165) is 42.7 Å². The average Bonchev–Trinajstić information content (AvgIpc) is 2.78. The zero-order valence-electron chi connectivity index (χ0n) is 17.5. The number of halogens is 1. The summed E-state index contributed by atoms with van der Waals surface area (Å²) in [7, 11) is 5.16. The van der Waals surface area contributed by atoms with Gasteiger partial charge >= 0.3 is 0 Å². The van der Waals surface area contributed by atoms with Crippen LogP contribution in [0.4, 0.5) is 0 Å². The normalized spacial score (nSPS) is 13.4. The number of pyridine rings is 1. The molecule has 3 aromatic rings. The molecule has 2 aromatic carbocycles. The highest BCUT2D eigenvalue weighted by Gasteiger charge is 2.21. The molecular weight excluding hydrogens is 491 g/mol. The zero-order chi connectivity index (χ0) is 20.2. The van der Waals surface area contributed by atoms with Crippen LogP contribution in [0.15, 0.2) is 53.7 Å². The second-order valence-electron chi connectivity index (χ2n) is 7.03. The summed E-state index contributed by atoms with van der Waals surface area (Å²) >= 11 is 0. The lowest BCUT2D eigenvalue weighted by Crippen LogP contribution is -2.43. The Morgan fingerprint density at radius 3 is 2.57 bits per heavy atom. The third kappa shape index (κ3) is 4.45. The number of fused-ring (bicyclic) bond motifs is 2. The minimum atomic E-state index is 0. The number of aromatic nitrogens is 1. The third-order valence-corrected chi connectivity index (χ3v) is 5.40. The molecule has 0 amide bonds. The van der Waals surface area contributed by atoms with E-state index in [1.807, 2.05) is 31.4 Å². The molecule has 1 aliphatic rings. The number of rotatable bonds is 4. The topological polar surface area (TPSA) is 59.0 Å². The van der Waals surface area contributed by atoms with E-state index in [1.165, 1.54) is 21.9 Å². The van der Waals surface area contributed by atoms with Gasteiger partial charge in [-0.2, -0.15) is 0 Å². The Morgan fingerprint density at radius 1 is 1.10 bits per heavy atom. The van der Waals surface area contributed by atoms with Gasteiger partial charge in [-0.3, -0.25) is 9.98 Å². The Kier molecular flexibility index (Phi) is 7.36. The van der Waals surface area contributed by atoms with Crippen molar-refractivity contribution in [3.63, 3.8) is 0 Å². The van der Waals surface area contributed by atoms with E-state index in [2.05, 4.69) is 44.5 Å². The Labute approximate surface area is 194 Å². The molecular formula is C23H27IN4O2. The number of nitrogens with one attached hydrogen (secondary N) is 1. The number of hydrogen-bond acceptors (Lipinski definition) is 4. The van der Waals surface area contributed by atoms with E-state index >= 15 is 0 Å². The number of hydrogen-bond donors (Lipinski definition) is 1. The number of benzene rings is 2. The van der Waals surface area contributed by atoms with Crippen LogP contribution in [0.1, 0.15) is 16.8 Å². The van der Waals surface area contributed by atoms with Gasteiger partial charge in [0.25, 0.3) is 0 Å². The summed E-state index contributed by atoms with van der Waals surface area (Å²) in [5, 5.41) is 5.85. The summed E-state index contributed by atoms with van der Waals surface area (Å²) in [5.41, 5.74) is 3.55. The summed E-state index contributed by atoms with van der Waals surface area (Å²) in [6, 6.07) is 14.5. The standard InChI is InChI=1S/C23H26N4O2.HI/c1-24-23(26-14-20-19-7-5-4-6-16(19)8-10-25-20)27-11-9-17-12-21(28-2)22(29-3)13-18(17)15-27;/h4-8,10,12-13H,9,11,14-15H2,1-3H3,(H,24,26);1H. The number of nitrogens with zero attached hydrogens (tertiary/aromatic N) is 3. The fraction of sp³-hybridized carbons (Fsp3) is 0.304. The van der Waals surface area contributed by atoms with Crippen LogP contribution in [0.5, 0.6) is 11.5 Å². The second kappa shape index (κ2) is 9.97. The SMILES string of the molecule is CN=C(NCc1nccc2ccccc12)N1CCc2cc(OC)c(OC)cc2C1.I. The lowest BCUT2D eigenvalue weighted by molar-refractivity contribution is 0.346. The highest BCUT2D eigenvalue weighted by atomic mass is 127. The van der Waals surface area contributed by atoms with Crippen LogP contribution in [0.3, 0.4) is 0 Å². The third-order valence-electron chi connectivity index (χ3n) is 5.40. The Balaban J connectivity index is 0.00000256. The first kappa shape index (κ1) is 22.1. The first-order valence-electron chi connectivity index (χ1n) is 9.75. The van der Waals surface area contributed by atoms with Crippen molar-refractivity contribution in [1.29, 1.82) is 0 Å². The predicted molar refractivity (Wildman–Crippen MR) is 131 cm³/mol. The van der Waals surface area contributed by atoms with Crippen LogP contribution in [0.25, 0.3) is 10.8 Å². The van der Waals surface area contributed by atoms with E-state index in [4.69, 9.17) is 9.47 Å². The van der Waals surface area contributed by atoms with Gasteiger partial charge < -0.3 is 19.7 Å². The summed E-state index contributed by atoms with van der Waals surface area (Å²) in [4.78, 5) is 11.3. The van der Waals surface area contributed by atoms with Gasteiger partial charge in [-0.1, -0.05) is 24.3 Å². The molecule has 0 aliphatic carbocycles. The Bertz CT molecular complexity index is 1050. The minimum absolute atomic E-state index is 0. The first-order valence-corrected chi connectivity index (χ1v) is 9.75. The molecule has 0 saturated carbocycles. The molecule has 6 nitrogen and oxygen atoms in total. The number of ether oxygens (including phenoxy) is 2. The van der Waals surface area contributed by atoms with E-state index in [9.17, 15) is 0 Å². The summed E-state index contributed by atoms with van der Waals surface area (Å²) < 4.78 is 10.9. The summed E-state index contributed by atoms with van der Waals surface area (Å²) in [5.74, 6) is 2.42. The molecule has 30 heavy (non-hydrogen) atoms. The zero-order valence-corrected chi connectivity index (χ0v) is 19.8. The maximum atomic E-state index is 5.47. The number of methoxy groups -OCH3 is 2. The maximum Gasteiger partial charge on any atom is 0.194 e. The molecule has 0 atom stereocenters. The highest BCUT2D eigenvalue weighted by molar-refractivity contribution is 14.0. The van der Waals surface area contributed by atoms with Gasteiger partial charge in [-0.05, 0) is 41.1 Å². The monoisotopic (exact) mass is 518 g/mol. The molecule has 0 saturated heterocycles. The molecule has 0 unspecified atom stereocenters. The number of aliphatic imine (C=N–C) groups is 1. The van der Waals surface area contributed by atoms with Crippen molar-refractivity contribution < 1.29 is 9.47 Å². The fourth-order valence-corrected chi connectivity index (χ4v) is 3.88. The van der Waals surface area contributed by atoms with Crippen molar-refractivity contribution in [3.8, 4) is 11.5 Å². The molecule has 158 valence electrons. The van der Waals surface area contributed by atoms with Crippen LogP contribution < -0.4 is 14.8 Å². The van der Waals surface area contributed by atoms with Crippen molar-refractivity contribution in [2.24, 2.45) is 4.99 Å². The maximum absolute atomic E-state index is 5.47. The molecule has 0 spiro atoms. The Hall–Kier alpha value is -2.55. The van der Waals surface area contributed by atoms with Gasteiger partial charge in [-0.15, -0.1) is 24.0 Å². The molecule has 1 aromatic heterocycles. The van der Waals surface area contributed by atoms with E-state index in [1.54, 1.807) is 14.2 Å². The van der Waals surface area contributed by atoms with Crippen LogP contribution >= 0.6 is 24.0 Å². The molecule has 4 rings (SSSR count). The van der Waals surface area contributed by atoms with Crippen LogP contribution in [-0.2, 0) is 19.5 Å². The quantitative estimate of drug-likeness (QED) is 0.322. The van der Waals surface area contributed by atoms with Crippen molar-refractivity contribution in [2.75, 3.05) is 27.8 Å². The minimum Gasteiger partial charge on any atom is -0.493 e. The van der Waals surface area contributed by atoms with Crippen molar-refractivity contribution in [1.82, 2.24) is 15.2 Å². The van der Waals surface area contributed by atoms with Gasteiger partial charge in [0.1, 0.15) is 0 Å². The first-order chi connectivity index (χ1) is 14.2. The van der Waals surface area contributed by atoms with Crippen LogP contribution in [0.2, 0.25) is 0 Å². The molecule has 2 heterocycles.